The van der Waals surface area contributed by atoms with E-state index in [9.17, 15) is 0 Å². The van der Waals surface area contributed by atoms with Crippen molar-refractivity contribution < 1.29 is 0 Å². The fraction of sp³-hybridized carbons (Fsp3) is 0.286. The van der Waals surface area contributed by atoms with E-state index in [1.807, 2.05) is 13.8 Å². The van der Waals surface area contributed by atoms with Crippen molar-refractivity contribution >= 4 is 0 Å². The molecular formula is C14H17. The third-order valence-electron chi connectivity index (χ3n) is 2.06. The first kappa shape index (κ1) is 10.8. The van der Waals surface area contributed by atoms with Crippen molar-refractivity contribution in [2.75, 3.05) is 0 Å². The molecular weight excluding hydrogens is 168 g/mol. The Bertz CT molecular complexity index is 289. The maximum atomic E-state index is 3.41. The first-order valence-corrected chi connectivity index (χ1v) is 5.09. The molecule has 0 fully saturated rings. The van der Waals surface area contributed by atoms with Crippen LogP contribution >= 0.6 is 0 Å². The van der Waals surface area contributed by atoms with Crippen LogP contribution in [0.15, 0.2) is 42.5 Å². The van der Waals surface area contributed by atoms with E-state index in [0.717, 1.165) is 12.8 Å². The Hall–Kier alpha value is -1.30. The highest BCUT2D eigenvalue weighted by Crippen LogP contribution is 2.06. The molecule has 1 aromatic rings. The Balaban J connectivity index is 2.68. The van der Waals surface area contributed by atoms with Crippen LogP contribution in [0.3, 0.4) is 0 Å². The lowest BCUT2D eigenvalue weighted by Gasteiger charge is -1.99. The first-order valence-electron chi connectivity index (χ1n) is 5.09. The van der Waals surface area contributed by atoms with E-state index in [4.69, 9.17) is 0 Å². The number of hydrogen-bond donors (Lipinski definition) is 0. The number of allylic oxidation sites excluding steroid dienone is 4. The number of benzene rings is 1. The van der Waals surface area contributed by atoms with Gasteiger partial charge in [0.05, 0.1) is 0 Å². The van der Waals surface area contributed by atoms with Crippen LogP contribution in [0.1, 0.15) is 25.0 Å². The summed E-state index contributed by atoms with van der Waals surface area (Å²) in [5.41, 5.74) is 2.54. The maximum absolute atomic E-state index is 3.41. The van der Waals surface area contributed by atoms with Crippen LogP contribution in [0, 0.1) is 6.07 Å². The van der Waals surface area contributed by atoms with Crippen molar-refractivity contribution in [3.8, 4) is 0 Å². The van der Waals surface area contributed by atoms with E-state index >= 15 is 0 Å². The Kier molecular flexibility index (Phi) is 4.77. The Morgan fingerprint density at radius 1 is 1.00 bits per heavy atom. The summed E-state index contributed by atoms with van der Waals surface area (Å²) >= 11 is 0. The summed E-state index contributed by atoms with van der Waals surface area (Å²) in [6, 6.07) is 9.77. The van der Waals surface area contributed by atoms with E-state index < -0.39 is 0 Å². The summed E-state index contributed by atoms with van der Waals surface area (Å²) in [5, 5.41) is 0. The van der Waals surface area contributed by atoms with E-state index in [-0.39, 0.29) is 0 Å². The molecule has 1 radical (unpaired) electrons. The summed E-state index contributed by atoms with van der Waals surface area (Å²) < 4.78 is 0. The molecule has 0 aliphatic rings. The molecule has 0 aliphatic heterocycles. The molecule has 0 unspecified atom stereocenters. The highest BCUT2D eigenvalue weighted by molar-refractivity contribution is 5.25. The van der Waals surface area contributed by atoms with Gasteiger partial charge < -0.3 is 0 Å². The Morgan fingerprint density at radius 3 is 1.93 bits per heavy atom. The third-order valence-corrected chi connectivity index (χ3v) is 2.06. The fourth-order valence-corrected chi connectivity index (χ4v) is 1.30. The summed E-state index contributed by atoms with van der Waals surface area (Å²) in [7, 11) is 0. The number of hydrogen-bond acceptors (Lipinski definition) is 0. The molecule has 14 heavy (non-hydrogen) atoms. The zero-order valence-electron chi connectivity index (χ0n) is 8.96. The van der Waals surface area contributed by atoms with Crippen molar-refractivity contribution in [3.63, 3.8) is 0 Å². The predicted molar refractivity (Wildman–Crippen MR) is 62.3 cm³/mol. The minimum absolute atomic E-state index is 0.986. The molecule has 0 saturated heterocycles. The molecule has 0 aromatic heterocycles. The van der Waals surface area contributed by atoms with Crippen molar-refractivity contribution in [2.45, 2.75) is 26.7 Å². The molecule has 0 bridgehead atoms. The monoisotopic (exact) mass is 185 g/mol. The van der Waals surface area contributed by atoms with Gasteiger partial charge in [-0.1, -0.05) is 42.5 Å². The molecule has 0 aliphatic carbocycles. The minimum Gasteiger partial charge on any atom is -0.0913 e. The molecule has 73 valence electrons. The molecule has 0 spiro atoms. The van der Waals surface area contributed by atoms with Crippen LogP contribution in [0.4, 0.5) is 0 Å². The highest BCUT2D eigenvalue weighted by atomic mass is 14.0. The molecule has 1 rings (SSSR count). The van der Waals surface area contributed by atoms with Gasteiger partial charge in [-0.15, -0.1) is 0 Å². The fourth-order valence-electron chi connectivity index (χ4n) is 1.30. The number of rotatable bonds is 4. The zero-order chi connectivity index (χ0) is 10.2. The van der Waals surface area contributed by atoms with E-state index in [1.165, 1.54) is 11.1 Å². The third kappa shape index (κ3) is 3.61. The van der Waals surface area contributed by atoms with Gasteiger partial charge in [0.2, 0.25) is 0 Å². The van der Waals surface area contributed by atoms with Gasteiger partial charge in [-0.05, 0) is 43.9 Å². The van der Waals surface area contributed by atoms with Crippen LogP contribution in [-0.4, -0.2) is 0 Å². The van der Waals surface area contributed by atoms with E-state index in [0.29, 0.717) is 0 Å². The molecule has 1 aromatic carbocycles. The van der Waals surface area contributed by atoms with Crippen LogP contribution in [-0.2, 0) is 12.8 Å². The topological polar surface area (TPSA) is 0 Å². The average molecular weight is 185 g/mol. The summed E-state index contributed by atoms with van der Waals surface area (Å²) in [5.74, 6) is 0. The molecule has 0 N–H and O–H groups in total. The normalized spacial score (nSPS) is 11.6. The molecule has 0 amide bonds. The second-order valence-electron chi connectivity index (χ2n) is 3.25. The lowest BCUT2D eigenvalue weighted by atomic mass is 10.1. The lowest BCUT2D eigenvalue weighted by molar-refractivity contribution is 1.19. The molecule has 0 heterocycles. The van der Waals surface area contributed by atoms with Gasteiger partial charge in [-0.25, -0.2) is 0 Å². The largest absolute Gasteiger partial charge is 0.0913 e. The van der Waals surface area contributed by atoms with Gasteiger partial charge in [-0.2, -0.15) is 0 Å². The second-order valence-corrected chi connectivity index (χ2v) is 3.25. The van der Waals surface area contributed by atoms with E-state index in [2.05, 4.69) is 48.6 Å². The van der Waals surface area contributed by atoms with Crippen molar-refractivity contribution in [1.82, 2.24) is 0 Å². The minimum atomic E-state index is 0.986. The Morgan fingerprint density at radius 2 is 1.50 bits per heavy atom. The van der Waals surface area contributed by atoms with Crippen LogP contribution < -0.4 is 0 Å². The first-order chi connectivity index (χ1) is 6.86. The quantitative estimate of drug-likeness (QED) is 0.627. The standard InChI is InChI=1S/C14H17/c1-3-5-8-13-10-7-11-14(12-13)9-6-4-2/h3-7,10-11H,8-9H2,1-2H3/b5-3-,6-4-. The van der Waals surface area contributed by atoms with Gasteiger partial charge in [0, 0.05) is 0 Å². The van der Waals surface area contributed by atoms with Gasteiger partial charge >= 0.3 is 0 Å². The van der Waals surface area contributed by atoms with Crippen molar-refractivity contribution in [1.29, 1.82) is 0 Å². The lowest BCUT2D eigenvalue weighted by Crippen LogP contribution is -1.86. The second kappa shape index (κ2) is 6.20. The average Bonchev–Trinajstić information content (AvgIpc) is 2.24. The van der Waals surface area contributed by atoms with Gasteiger partial charge in [0.25, 0.3) is 0 Å². The van der Waals surface area contributed by atoms with Crippen LogP contribution in [0.25, 0.3) is 0 Å². The predicted octanol–water partition coefficient (Wildman–Crippen LogP) is 3.72. The Labute approximate surface area is 87.0 Å². The summed E-state index contributed by atoms with van der Waals surface area (Å²) in [6.45, 7) is 4.09. The molecule has 0 saturated carbocycles. The molecule has 0 atom stereocenters. The SMILES string of the molecule is C/C=C\Cc1[c]c(C/C=C\C)ccc1. The summed E-state index contributed by atoms with van der Waals surface area (Å²) in [4.78, 5) is 0. The van der Waals surface area contributed by atoms with Gasteiger partial charge in [0.15, 0.2) is 0 Å². The summed E-state index contributed by atoms with van der Waals surface area (Å²) in [6.07, 6.45) is 10.4. The van der Waals surface area contributed by atoms with Crippen LogP contribution in [0.5, 0.6) is 0 Å². The highest BCUT2D eigenvalue weighted by Gasteiger charge is 1.93. The van der Waals surface area contributed by atoms with Crippen LogP contribution in [0.2, 0.25) is 0 Å². The maximum Gasteiger partial charge on any atom is -0.00913 e. The van der Waals surface area contributed by atoms with Crippen molar-refractivity contribution in [2.24, 2.45) is 0 Å². The zero-order valence-corrected chi connectivity index (χ0v) is 8.96. The van der Waals surface area contributed by atoms with Gasteiger partial charge in [0.1, 0.15) is 0 Å². The molecule has 0 nitrogen and oxygen atoms in total. The van der Waals surface area contributed by atoms with E-state index in [1.54, 1.807) is 0 Å². The van der Waals surface area contributed by atoms with Crippen molar-refractivity contribution in [3.05, 3.63) is 59.7 Å². The van der Waals surface area contributed by atoms with Gasteiger partial charge in [-0.3, -0.25) is 0 Å². The molecule has 0 heteroatoms. The smallest absolute Gasteiger partial charge is 0.00913 e.